The summed E-state index contributed by atoms with van der Waals surface area (Å²) in [6.07, 6.45) is 2.84. The van der Waals surface area contributed by atoms with E-state index in [0.717, 1.165) is 5.56 Å². The van der Waals surface area contributed by atoms with E-state index in [0.29, 0.717) is 27.8 Å². The first-order chi connectivity index (χ1) is 12.9. The zero-order valence-electron chi connectivity index (χ0n) is 14.3. The van der Waals surface area contributed by atoms with Gasteiger partial charge in [-0.15, -0.1) is 0 Å². The number of carbonyl (C=O) groups is 1. The molecule has 6 nitrogen and oxygen atoms in total. The summed E-state index contributed by atoms with van der Waals surface area (Å²) >= 11 is 6.09. The van der Waals surface area contributed by atoms with Gasteiger partial charge in [-0.1, -0.05) is 29.8 Å². The molecule has 27 heavy (non-hydrogen) atoms. The van der Waals surface area contributed by atoms with Crippen LogP contribution in [0.25, 0.3) is 17.4 Å². The summed E-state index contributed by atoms with van der Waals surface area (Å²) in [6, 6.07) is 14.9. The summed E-state index contributed by atoms with van der Waals surface area (Å²) in [5.41, 5.74) is 2.08. The van der Waals surface area contributed by atoms with Crippen LogP contribution in [0.4, 0.5) is 11.4 Å². The molecule has 0 saturated carbocycles. The number of furan rings is 1. The number of nitrogens with one attached hydrogen (secondary N) is 1. The molecule has 0 aliphatic heterocycles. The van der Waals surface area contributed by atoms with Crippen molar-refractivity contribution in [1.82, 2.24) is 0 Å². The number of anilines is 1. The fourth-order valence-corrected chi connectivity index (χ4v) is 2.71. The Kier molecular flexibility index (Phi) is 5.38. The van der Waals surface area contributed by atoms with Crippen molar-refractivity contribution >= 4 is 35.0 Å². The first kappa shape index (κ1) is 18.4. The third-order valence-corrected chi connectivity index (χ3v) is 4.06. The van der Waals surface area contributed by atoms with Crippen molar-refractivity contribution in [3.05, 3.63) is 87.1 Å². The Hall–Kier alpha value is -3.38. The second-order valence-corrected chi connectivity index (χ2v) is 6.22. The molecule has 3 aromatic rings. The number of carbonyl (C=O) groups excluding carboxylic acids is 1. The molecule has 0 bridgehead atoms. The molecule has 0 aliphatic rings. The molecular formula is C20H15ClN2O4. The zero-order chi connectivity index (χ0) is 19.4. The van der Waals surface area contributed by atoms with Gasteiger partial charge in [-0.05, 0) is 42.8 Å². The molecule has 136 valence electrons. The predicted octanol–water partition coefficient (Wildman–Crippen LogP) is 5.47. The number of non-ortho nitro benzene ring substituents is 1. The topological polar surface area (TPSA) is 85.4 Å². The summed E-state index contributed by atoms with van der Waals surface area (Å²) in [5.74, 6) is 0.566. The van der Waals surface area contributed by atoms with Crippen molar-refractivity contribution in [3.63, 3.8) is 0 Å². The molecule has 1 aromatic heterocycles. The lowest BCUT2D eigenvalue weighted by molar-refractivity contribution is -0.384. The minimum atomic E-state index is -0.464. The lowest BCUT2D eigenvalue weighted by Gasteiger charge is -2.05. The summed E-state index contributed by atoms with van der Waals surface area (Å²) in [4.78, 5) is 22.5. The van der Waals surface area contributed by atoms with Crippen molar-refractivity contribution in [2.75, 3.05) is 5.32 Å². The van der Waals surface area contributed by atoms with Crippen LogP contribution >= 0.6 is 11.6 Å². The highest BCUT2D eigenvalue weighted by Gasteiger charge is 2.10. The van der Waals surface area contributed by atoms with E-state index in [1.807, 2.05) is 13.0 Å². The van der Waals surface area contributed by atoms with Crippen LogP contribution in [0, 0.1) is 17.0 Å². The number of aryl methyl sites for hydroxylation is 1. The Labute approximate surface area is 160 Å². The van der Waals surface area contributed by atoms with Gasteiger partial charge in [0.05, 0.1) is 15.6 Å². The Balaban J connectivity index is 1.70. The van der Waals surface area contributed by atoms with Crippen LogP contribution in [0.1, 0.15) is 11.3 Å². The van der Waals surface area contributed by atoms with E-state index in [2.05, 4.69) is 5.32 Å². The van der Waals surface area contributed by atoms with Crippen LogP contribution in [0.3, 0.4) is 0 Å². The summed E-state index contributed by atoms with van der Waals surface area (Å²) < 4.78 is 5.63. The van der Waals surface area contributed by atoms with Gasteiger partial charge in [0.15, 0.2) is 0 Å². The van der Waals surface area contributed by atoms with Gasteiger partial charge in [-0.3, -0.25) is 14.9 Å². The maximum atomic E-state index is 12.0. The van der Waals surface area contributed by atoms with Gasteiger partial charge >= 0.3 is 0 Å². The van der Waals surface area contributed by atoms with E-state index in [1.54, 1.807) is 36.4 Å². The van der Waals surface area contributed by atoms with E-state index in [9.17, 15) is 14.9 Å². The molecule has 0 spiro atoms. The summed E-state index contributed by atoms with van der Waals surface area (Å²) in [5, 5.41) is 14.0. The Morgan fingerprint density at radius 3 is 2.74 bits per heavy atom. The maximum absolute atomic E-state index is 12.0. The van der Waals surface area contributed by atoms with Crippen LogP contribution in [0.15, 0.2) is 65.1 Å². The van der Waals surface area contributed by atoms with Crippen LogP contribution in [0.2, 0.25) is 5.02 Å². The first-order valence-corrected chi connectivity index (χ1v) is 8.40. The van der Waals surface area contributed by atoms with Crippen LogP contribution in [-0.4, -0.2) is 10.8 Å². The van der Waals surface area contributed by atoms with E-state index in [4.69, 9.17) is 16.0 Å². The highest BCUT2D eigenvalue weighted by atomic mass is 35.5. The minimum Gasteiger partial charge on any atom is -0.457 e. The van der Waals surface area contributed by atoms with Crippen LogP contribution < -0.4 is 5.32 Å². The molecule has 0 unspecified atom stereocenters. The van der Waals surface area contributed by atoms with Crippen molar-refractivity contribution in [3.8, 4) is 11.3 Å². The molecule has 0 radical (unpaired) electrons. The van der Waals surface area contributed by atoms with Gasteiger partial charge in [-0.2, -0.15) is 0 Å². The van der Waals surface area contributed by atoms with E-state index in [-0.39, 0.29) is 11.6 Å². The number of benzene rings is 2. The van der Waals surface area contributed by atoms with Gasteiger partial charge in [-0.25, -0.2) is 0 Å². The number of hydrogen-bond donors (Lipinski definition) is 1. The Morgan fingerprint density at radius 2 is 2.00 bits per heavy atom. The highest BCUT2D eigenvalue weighted by molar-refractivity contribution is 6.33. The molecule has 1 heterocycles. The minimum absolute atomic E-state index is 0.0182. The van der Waals surface area contributed by atoms with Crippen molar-refractivity contribution in [2.24, 2.45) is 0 Å². The van der Waals surface area contributed by atoms with Gasteiger partial charge in [0.2, 0.25) is 5.91 Å². The molecule has 1 N–H and O–H groups in total. The highest BCUT2D eigenvalue weighted by Crippen LogP contribution is 2.26. The van der Waals surface area contributed by atoms with E-state index in [1.165, 1.54) is 24.3 Å². The molecule has 0 atom stereocenters. The zero-order valence-corrected chi connectivity index (χ0v) is 15.1. The van der Waals surface area contributed by atoms with Crippen molar-refractivity contribution in [2.45, 2.75) is 6.92 Å². The standard InChI is InChI=1S/C20H15ClN2O4/c1-13-5-8-18(17(21)11-13)22-20(24)10-7-16-6-9-19(27-16)14-3-2-4-15(12-14)23(25)26/h2-12H,1H3,(H,22,24)/b10-7+. The molecular weight excluding hydrogens is 368 g/mol. The largest absolute Gasteiger partial charge is 0.457 e. The second kappa shape index (κ2) is 7.88. The van der Waals surface area contributed by atoms with Gasteiger partial charge in [0.1, 0.15) is 11.5 Å². The van der Waals surface area contributed by atoms with Gasteiger partial charge < -0.3 is 9.73 Å². The molecule has 7 heteroatoms. The number of nitrogens with zero attached hydrogens (tertiary/aromatic N) is 1. The quantitative estimate of drug-likeness (QED) is 0.360. The maximum Gasteiger partial charge on any atom is 0.270 e. The average molecular weight is 383 g/mol. The van der Waals surface area contributed by atoms with Gasteiger partial charge in [0.25, 0.3) is 5.69 Å². The third kappa shape index (κ3) is 4.62. The summed E-state index contributed by atoms with van der Waals surface area (Å²) in [6.45, 7) is 1.91. The second-order valence-electron chi connectivity index (χ2n) is 5.82. The molecule has 2 aromatic carbocycles. The molecule has 1 amide bonds. The lowest BCUT2D eigenvalue weighted by atomic mass is 10.1. The number of nitro benzene ring substituents is 1. The smallest absolute Gasteiger partial charge is 0.270 e. The number of rotatable bonds is 5. The first-order valence-electron chi connectivity index (χ1n) is 8.02. The fraction of sp³-hybridized carbons (Fsp3) is 0.0500. The third-order valence-electron chi connectivity index (χ3n) is 3.75. The average Bonchev–Trinajstić information content (AvgIpc) is 3.11. The monoisotopic (exact) mass is 382 g/mol. The SMILES string of the molecule is Cc1ccc(NC(=O)/C=C/c2ccc(-c3cccc([N+](=O)[O-])c3)o2)c(Cl)c1. The van der Waals surface area contributed by atoms with Gasteiger partial charge in [0, 0.05) is 23.8 Å². The molecule has 3 rings (SSSR count). The molecule has 0 aliphatic carbocycles. The summed E-state index contributed by atoms with van der Waals surface area (Å²) in [7, 11) is 0. The Bertz CT molecular complexity index is 1040. The van der Waals surface area contributed by atoms with Crippen LogP contribution in [0.5, 0.6) is 0 Å². The lowest BCUT2D eigenvalue weighted by Crippen LogP contribution is -2.08. The Morgan fingerprint density at radius 1 is 1.19 bits per heavy atom. The number of hydrogen-bond acceptors (Lipinski definition) is 4. The van der Waals surface area contributed by atoms with Crippen LogP contribution in [-0.2, 0) is 4.79 Å². The van der Waals surface area contributed by atoms with E-state index < -0.39 is 4.92 Å². The van der Waals surface area contributed by atoms with E-state index >= 15 is 0 Å². The molecule has 0 saturated heterocycles. The van der Waals surface area contributed by atoms with Crippen molar-refractivity contribution < 1.29 is 14.1 Å². The number of halogens is 1. The fourth-order valence-electron chi connectivity index (χ4n) is 2.42. The number of nitro groups is 1. The predicted molar refractivity (Wildman–Crippen MR) is 105 cm³/mol. The molecule has 0 fully saturated rings. The number of amides is 1. The normalized spacial score (nSPS) is 10.9. The van der Waals surface area contributed by atoms with Crippen molar-refractivity contribution in [1.29, 1.82) is 0 Å².